The zero-order chi connectivity index (χ0) is 28.8. The molecular weight excluding hydrogens is 578 g/mol. The summed E-state index contributed by atoms with van der Waals surface area (Å²) in [6, 6.07) is 16.3. The van der Waals surface area contributed by atoms with Crippen LogP contribution in [0.1, 0.15) is 22.7 Å². The molecule has 1 atom stereocenters. The second-order valence-corrected chi connectivity index (χ2v) is 12.4. The Balaban J connectivity index is 1.62. The molecular formula is C27H18ClN3O7S2. The molecule has 1 aromatic heterocycles. The number of rotatable bonds is 6. The number of Topliss-reactive ketones (excluding diaryl/α,β-unsaturated/α-hetero) is 1. The molecule has 0 saturated carbocycles. The highest BCUT2D eigenvalue weighted by Crippen LogP contribution is 2.44. The predicted molar refractivity (Wildman–Crippen MR) is 148 cm³/mol. The first kappa shape index (κ1) is 27.2. The van der Waals surface area contributed by atoms with Gasteiger partial charge in [0.2, 0.25) is 9.84 Å². The van der Waals surface area contributed by atoms with Crippen LogP contribution in [0.2, 0.25) is 5.02 Å². The number of aromatic nitrogens is 1. The third kappa shape index (κ3) is 4.76. The maximum Gasteiger partial charge on any atom is 0.301 e. The first-order valence-electron chi connectivity index (χ1n) is 11.6. The zero-order valence-corrected chi connectivity index (χ0v) is 22.9. The normalized spacial score (nSPS) is 16.9. The molecule has 40 heavy (non-hydrogen) atoms. The summed E-state index contributed by atoms with van der Waals surface area (Å²) in [6.07, 6.45) is 1.05. The smallest absolute Gasteiger partial charge is 0.301 e. The zero-order valence-electron chi connectivity index (χ0n) is 20.5. The van der Waals surface area contributed by atoms with E-state index in [0.717, 1.165) is 40.9 Å². The highest BCUT2D eigenvalue weighted by molar-refractivity contribution is 7.93. The van der Waals surface area contributed by atoms with Gasteiger partial charge >= 0.3 is 5.91 Å². The largest absolute Gasteiger partial charge is 0.507 e. The predicted octanol–water partition coefficient (Wildman–Crippen LogP) is 5.47. The van der Waals surface area contributed by atoms with Crippen LogP contribution < -0.4 is 4.90 Å². The topological polar surface area (TPSA) is 148 Å². The number of nitro benzene ring substituents is 1. The molecule has 13 heteroatoms. The van der Waals surface area contributed by atoms with Gasteiger partial charge < -0.3 is 5.11 Å². The third-order valence-electron chi connectivity index (χ3n) is 6.23. The average molecular weight is 596 g/mol. The van der Waals surface area contributed by atoms with Crippen molar-refractivity contribution in [2.45, 2.75) is 22.1 Å². The number of carbonyl (C=O) groups excluding carboxylic acids is 2. The first-order chi connectivity index (χ1) is 19.0. The van der Waals surface area contributed by atoms with Crippen LogP contribution in [0.3, 0.4) is 0 Å². The van der Waals surface area contributed by atoms with E-state index in [0.29, 0.717) is 27.5 Å². The fourth-order valence-electron chi connectivity index (χ4n) is 4.24. The van der Waals surface area contributed by atoms with Crippen LogP contribution in [0, 0.1) is 17.0 Å². The molecule has 202 valence electrons. The monoisotopic (exact) mass is 595 g/mol. The van der Waals surface area contributed by atoms with Gasteiger partial charge in [-0.25, -0.2) is 13.4 Å². The highest BCUT2D eigenvalue weighted by atomic mass is 35.5. The molecule has 1 amide bonds. The Morgan fingerprint density at radius 3 is 2.38 bits per heavy atom. The van der Waals surface area contributed by atoms with Gasteiger partial charge in [-0.3, -0.25) is 24.6 Å². The molecule has 5 rings (SSSR count). The minimum absolute atomic E-state index is 0.101. The summed E-state index contributed by atoms with van der Waals surface area (Å²) in [7, 11) is -4.16. The Hall–Kier alpha value is -4.39. The van der Waals surface area contributed by atoms with Gasteiger partial charge in [0.05, 0.1) is 27.6 Å². The van der Waals surface area contributed by atoms with Gasteiger partial charge in [-0.15, -0.1) is 0 Å². The maximum absolute atomic E-state index is 13.4. The second-order valence-electron chi connectivity index (χ2n) is 8.81. The number of nitro groups is 1. The quantitative estimate of drug-likeness (QED) is 0.101. The second kappa shape index (κ2) is 10.3. The Labute approximate surface area is 236 Å². The Morgan fingerprint density at radius 1 is 1.07 bits per heavy atom. The number of halogens is 1. The molecule has 1 aliphatic heterocycles. The van der Waals surface area contributed by atoms with E-state index in [-0.39, 0.29) is 25.5 Å². The summed E-state index contributed by atoms with van der Waals surface area (Å²) in [4.78, 5) is 41.9. The van der Waals surface area contributed by atoms with Crippen molar-refractivity contribution in [1.82, 2.24) is 4.98 Å². The summed E-state index contributed by atoms with van der Waals surface area (Å²) in [6.45, 7) is 1.86. The van der Waals surface area contributed by atoms with Crippen molar-refractivity contribution < 1.29 is 28.0 Å². The molecule has 0 spiro atoms. The molecule has 10 nitrogen and oxygen atoms in total. The third-order valence-corrected chi connectivity index (χ3v) is 9.70. The fraction of sp³-hybridized carbons (Fsp3) is 0.0741. The maximum atomic E-state index is 13.4. The highest BCUT2D eigenvalue weighted by Gasteiger charge is 2.48. The van der Waals surface area contributed by atoms with Crippen LogP contribution in [-0.2, 0) is 19.4 Å². The number of sulfone groups is 1. The summed E-state index contributed by atoms with van der Waals surface area (Å²) < 4.78 is 26.2. The lowest BCUT2D eigenvalue weighted by Gasteiger charge is -2.23. The number of non-ortho nitro benzene ring substituents is 1. The Morgan fingerprint density at radius 2 is 1.75 bits per heavy atom. The van der Waals surface area contributed by atoms with Gasteiger partial charge in [-0.05, 0) is 36.8 Å². The van der Waals surface area contributed by atoms with Gasteiger partial charge in [0.25, 0.3) is 11.5 Å². The SMILES string of the molecule is Cc1ccc(C(O)=C2C(=O)C(=O)N(c3ncc(S(=O)(=O)c4ccc([N+](=O)[O-])cc4)s3)[C@H]2c2cccc(Cl)c2)cc1. The van der Waals surface area contributed by atoms with E-state index in [1.54, 1.807) is 42.5 Å². The number of hydrogen-bond donors (Lipinski definition) is 1. The van der Waals surface area contributed by atoms with E-state index < -0.39 is 38.3 Å². The molecule has 1 fully saturated rings. The van der Waals surface area contributed by atoms with Crippen LogP contribution in [0.4, 0.5) is 10.8 Å². The fourth-order valence-corrected chi connectivity index (χ4v) is 6.98. The minimum atomic E-state index is -4.16. The van der Waals surface area contributed by atoms with Crippen molar-refractivity contribution in [3.8, 4) is 0 Å². The van der Waals surface area contributed by atoms with Gasteiger partial charge in [0, 0.05) is 22.7 Å². The number of carbonyl (C=O) groups is 2. The van der Waals surface area contributed by atoms with E-state index >= 15 is 0 Å². The molecule has 0 radical (unpaired) electrons. The standard InChI is InChI=1S/C27H18ClN3O7S2/c1-15-5-7-16(8-6-15)24(32)22-23(17-3-2-4-18(28)13-17)30(26(34)25(22)33)27-29-14-21(39-27)40(37,38)20-11-9-19(10-12-20)31(35)36/h2-14,23,32H,1H3/t23-/m0/s1. The molecule has 1 N–H and O–H groups in total. The number of nitrogens with zero attached hydrogens (tertiary/aromatic N) is 3. The summed E-state index contributed by atoms with van der Waals surface area (Å²) in [5.74, 6) is -2.38. The molecule has 4 aromatic rings. The lowest BCUT2D eigenvalue weighted by atomic mass is 9.95. The van der Waals surface area contributed by atoms with Gasteiger partial charge in [-0.2, -0.15) is 0 Å². The minimum Gasteiger partial charge on any atom is -0.507 e. The Bertz CT molecular complexity index is 1820. The number of anilines is 1. The van der Waals surface area contributed by atoms with Crippen molar-refractivity contribution in [2.24, 2.45) is 0 Å². The van der Waals surface area contributed by atoms with Crippen molar-refractivity contribution >= 4 is 61.0 Å². The summed E-state index contributed by atoms with van der Waals surface area (Å²) in [5, 5.41) is 22.4. The average Bonchev–Trinajstić information content (AvgIpc) is 3.52. The van der Waals surface area contributed by atoms with E-state index in [1.165, 1.54) is 6.07 Å². The lowest BCUT2D eigenvalue weighted by molar-refractivity contribution is -0.384. The summed E-state index contributed by atoms with van der Waals surface area (Å²) in [5.41, 5.74) is 1.16. The van der Waals surface area contributed by atoms with Crippen molar-refractivity contribution in [2.75, 3.05) is 4.90 Å². The molecule has 2 heterocycles. The molecule has 1 saturated heterocycles. The molecule has 0 unspecified atom stereocenters. The van der Waals surface area contributed by atoms with Crippen LogP contribution in [0.25, 0.3) is 5.76 Å². The van der Waals surface area contributed by atoms with Crippen molar-refractivity contribution in [3.05, 3.63) is 116 Å². The number of thiazole rings is 1. The lowest BCUT2D eigenvalue weighted by Crippen LogP contribution is -2.29. The number of aliphatic hydroxyl groups is 1. The summed E-state index contributed by atoms with van der Waals surface area (Å²) >= 11 is 6.86. The van der Waals surface area contributed by atoms with E-state index in [9.17, 15) is 33.2 Å². The van der Waals surface area contributed by atoms with Crippen molar-refractivity contribution in [3.63, 3.8) is 0 Å². The van der Waals surface area contributed by atoms with Crippen LogP contribution in [-0.4, -0.2) is 35.1 Å². The first-order valence-corrected chi connectivity index (χ1v) is 14.3. The number of hydrogen-bond acceptors (Lipinski definition) is 9. The molecule has 1 aliphatic rings. The van der Waals surface area contributed by atoms with E-state index in [1.807, 2.05) is 6.92 Å². The number of aryl methyl sites for hydroxylation is 1. The molecule has 3 aromatic carbocycles. The van der Waals surface area contributed by atoms with E-state index in [4.69, 9.17) is 11.6 Å². The van der Waals surface area contributed by atoms with Gasteiger partial charge in [0.1, 0.15) is 9.97 Å². The van der Waals surface area contributed by atoms with Crippen LogP contribution in [0.15, 0.2) is 93.7 Å². The Kier molecular flexibility index (Phi) is 7.00. The molecule has 0 bridgehead atoms. The van der Waals surface area contributed by atoms with Gasteiger partial charge in [0.15, 0.2) is 5.13 Å². The van der Waals surface area contributed by atoms with Gasteiger partial charge in [-0.1, -0.05) is 64.9 Å². The number of aliphatic hydroxyl groups excluding tert-OH is 1. The number of ketones is 1. The number of benzene rings is 3. The van der Waals surface area contributed by atoms with Crippen LogP contribution in [0.5, 0.6) is 0 Å². The van der Waals surface area contributed by atoms with E-state index in [2.05, 4.69) is 4.98 Å². The van der Waals surface area contributed by atoms with Crippen LogP contribution >= 0.6 is 22.9 Å². The molecule has 0 aliphatic carbocycles. The number of amides is 1. The van der Waals surface area contributed by atoms with Crippen molar-refractivity contribution in [1.29, 1.82) is 0 Å².